The lowest BCUT2D eigenvalue weighted by Crippen LogP contribution is -2.32. The first-order valence-electron chi connectivity index (χ1n) is 11.9. The maximum Gasteiger partial charge on any atom is 0.195 e. The topological polar surface area (TPSA) is 67.8 Å². The van der Waals surface area contributed by atoms with E-state index in [-0.39, 0.29) is 17.1 Å². The summed E-state index contributed by atoms with van der Waals surface area (Å²) in [4.78, 5) is 14.1. The Labute approximate surface area is 223 Å². The maximum atomic E-state index is 13.2. The second kappa shape index (κ2) is 8.64. The van der Waals surface area contributed by atoms with Crippen LogP contribution in [0.25, 0.3) is 28.5 Å². The fourth-order valence-electron chi connectivity index (χ4n) is 5.24. The van der Waals surface area contributed by atoms with Crippen molar-refractivity contribution in [2.45, 2.75) is 26.3 Å². The first-order valence-corrected chi connectivity index (χ1v) is 13.7. The Balaban J connectivity index is 1.60. The van der Waals surface area contributed by atoms with E-state index in [2.05, 4.69) is 38.2 Å². The Bertz CT molecular complexity index is 1620. The summed E-state index contributed by atoms with van der Waals surface area (Å²) in [6.07, 6.45) is 4.16. The normalized spacial score (nSPS) is 16.1. The summed E-state index contributed by atoms with van der Waals surface area (Å²) in [5.41, 5.74) is 6.77. The number of benzene rings is 2. The van der Waals surface area contributed by atoms with Crippen LogP contribution in [0, 0.1) is 0 Å². The first-order chi connectivity index (χ1) is 17.8. The number of hydrogen-bond donors (Lipinski definition) is 2. The predicted molar refractivity (Wildman–Crippen MR) is 152 cm³/mol. The summed E-state index contributed by atoms with van der Waals surface area (Å²) in [6, 6.07) is 11.1. The molecule has 2 aromatic heterocycles. The molecule has 0 fully saturated rings. The number of anilines is 1. The molecule has 37 heavy (non-hydrogen) atoms. The van der Waals surface area contributed by atoms with Gasteiger partial charge >= 0.3 is 0 Å². The van der Waals surface area contributed by atoms with Crippen molar-refractivity contribution in [1.29, 1.82) is 0 Å². The number of fused-ring (bicyclic) bond motifs is 5. The summed E-state index contributed by atoms with van der Waals surface area (Å²) in [6.45, 7) is 6.37. The van der Waals surface area contributed by atoms with Gasteiger partial charge in [0.25, 0.3) is 0 Å². The molecule has 0 amide bonds. The molecule has 2 aliphatic rings. The van der Waals surface area contributed by atoms with Gasteiger partial charge in [-0.25, -0.2) is 0 Å². The van der Waals surface area contributed by atoms with Crippen molar-refractivity contribution in [3.05, 3.63) is 85.7 Å². The van der Waals surface area contributed by atoms with Gasteiger partial charge in [-0.2, -0.15) is 11.3 Å². The van der Waals surface area contributed by atoms with E-state index in [9.17, 15) is 9.90 Å². The SMILES string of the molecule is COc1c(O)ccc2c1-c1ccc3c(c1C(=Cc1sccc1C(=O)c1ccsc1)O2)C(C)=CC(C)(C)N3. The highest BCUT2D eigenvalue weighted by molar-refractivity contribution is 7.11. The molecule has 0 aliphatic carbocycles. The fraction of sp³-hybridized carbons (Fsp3) is 0.167. The summed E-state index contributed by atoms with van der Waals surface area (Å²) in [5.74, 6) is 1.64. The third-order valence-electron chi connectivity index (χ3n) is 6.66. The van der Waals surface area contributed by atoms with Gasteiger partial charge in [0.2, 0.25) is 0 Å². The number of thiophene rings is 2. The van der Waals surface area contributed by atoms with E-state index in [1.165, 1.54) is 22.7 Å². The van der Waals surface area contributed by atoms with Gasteiger partial charge in [-0.15, -0.1) is 11.3 Å². The molecule has 0 spiro atoms. The number of ether oxygens (including phenoxy) is 2. The van der Waals surface area contributed by atoms with Crippen LogP contribution in [0.4, 0.5) is 5.69 Å². The minimum absolute atomic E-state index is 0.00745. The molecule has 4 aromatic rings. The van der Waals surface area contributed by atoms with Crippen LogP contribution in [0.1, 0.15) is 52.7 Å². The van der Waals surface area contributed by atoms with E-state index in [0.717, 1.165) is 32.8 Å². The largest absolute Gasteiger partial charge is 0.504 e. The highest BCUT2D eigenvalue weighted by atomic mass is 32.1. The molecule has 2 aromatic carbocycles. The van der Waals surface area contributed by atoms with Crippen LogP contribution in [-0.4, -0.2) is 23.5 Å². The Morgan fingerprint density at radius 1 is 1.08 bits per heavy atom. The second-order valence-electron chi connectivity index (χ2n) is 9.73. The van der Waals surface area contributed by atoms with E-state index in [0.29, 0.717) is 33.9 Å². The van der Waals surface area contributed by atoms with Crippen molar-refractivity contribution in [3.63, 3.8) is 0 Å². The van der Waals surface area contributed by atoms with Gasteiger partial charge in [0, 0.05) is 43.8 Å². The van der Waals surface area contributed by atoms with Crippen LogP contribution in [0.3, 0.4) is 0 Å². The minimum atomic E-state index is -0.202. The summed E-state index contributed by atoms with van der Waals surface area (Å²) in [5, 5.41) is 19.9. The quantitative estimate of drug-likeness (QED) is 0.264. The number of rotatable bonds is 4. The highest BCUT2D eigenvalue weighted by Crippen LogP contribution is 2.54. The Morgan fingerprint density at radius 3 is 2.68 bits per heavy atom. The number of allylic oxidation sites excluding steroid dienone is 1. The summed E-state index contributed by atoms with van der Waals surface area (Å²) < 4.78 is 12.1. The van der Waals surface area contributed by atoms with Crippen molar-refractivity contribution in [1.82, 2.24) is 0 Å². The Hall–Kier alpha value is -3.81. The first kappa shape index (κ1) is 23.6. The van der Waals surface area contributed by atoms with E-state index in [4.69, 9.17) is 9.47 Å². The van der Waals surface area contributed by atoms with E-state index < -0.39 is 0 Å². The van der Waals surface area contributed by atoms with Gasteiger partial charge in [0.1, 0.15) is 11.5 Å². The molecular weight excluding hydrogens is 502 g/mol. The van der Waals surface area contributed by atoms with Gasteiger partial charge in [0.15, 0.2) is 17.3 Å². The third kappa shape index (κ3) is 3.86. The third-order valence-corrected chi connectivity index (χ3v) is 8.20. The molecule has 0 saturated heterocycles. The summed E-state index contributed by atoms with van der Waals surface area (Å²) in [7, 11) is 1.54. The fourth-order valence-corrected chi connectivity index (χ4v) is 6.69. The number of carbonyl (C=O) groups excluding carboxylic acids is 1. The average molecular weight is 528 g/mol. The zero-order chi connectivity index (χ0) is 25.9. The maximum absolute atomic E-state index is 13.2. The zero-order valence-electron chi connectivity index (χ0n) is 20.8. The second-order valence-corrected chi connectivity index (χ2v) is 11.5. The molecule has 7 heteroatoms. The van der Waals surface area contributed by atoms with Gasteiger partial charge < -0.3 is 19.9 Å². The van der Waals surface area contributed by atoms with Crippen molar-refractivity contribution in [3.8, 4) is 28.4 Å². The summed E-state index contributed by atoms with van der Waals surface area (Å²) >= 11 is 3.01. The van der Waals surface area contributed by atoms with Gasteiger partial charge in [-0.05, 0) is 73.5 Å². The zero-order valence-corrected chi connectivity index (χ0v) is 22.5. The lowest BCUT2D eigenvalue weighted by molar-refractivity contribution is 0.103. The van der Waals surface area contributed by atoms with Crippen LogP contribution < -0.4 is 14.8 Å². The van der Waals surface area contributed by atoms with Crippen molar-refractivity contribution < 1.29 is 19.4 Å². The molecule has 6 rings (SSSR count). The molecule has 186 valence electrons. The van der Waals surface area contributed by atoms with Crippen LogP contribution in [-0.2, 0) is 0 Å². The number of hydrogen-bond acceptors (Lipinski definition) is 7. The van der Waals surface area contributed by atoms with Gasteiger partial charge in [-0.3, -0.25) is 4.79 Å². The molecule has 2 N–H and O–H groups in total. The smallest absolute Gasteiger partial charge is 0.195 e. The molecule has 0 bridgehead atoms. The van der Waals surface area contributed by atoms with Gasteiger partial charge in [-0.1, -0.05) is 12.1 Å². The molecule has 0 saturated carbocycles. The number of ketones is 1. The number of phenolic OH excluding ortho intramolecular Hbond substituents is 1. The van der Waals surface area contributed by atoms with E-state index in [1.807, 2.05) is 40.4 Å². The van der Waals surface area contributed by atoms with Crippen molar-refractivity contribution in [2.75, 3.05) is 12.4 Å². The van der Waals surface area contributed by atoms with Crippen LogP contribution in [0.5, 0.6) is 17.2 Å². The Morgan fingerprint density at radius 2 is 1.92 bits per heavy atom. The van der Waals surface area contributed by atoms with Gasteiger partial charge in [0.05, 0.1) is 18.2 Å². The monoisotopic (exact) mass is 527 g/mol. The van der Waals surface area contributed by atoms with E-state index >= 15 is 0 Å². The number of aromatic hydroxyl groups is 1. The molecule has 5 nitrogen and oxygen atoms in total. The number of carbonyl (C=O) groups is 1. The molecular formula is C30H25NO4S2. The highest BCUT2D eigenvalue weighted by Gasteiger charge is 2.33. The van der Waals surface area contributed by atoms with Crippen molar-refractivity contribution in [2.24, 2.45) is 0 Å². The lowest BCUT2D eigenvalue weighted by Gasteiger charge is -2.35. The lowest BCUT2D eigenvalue weighted by atomic mass is 9.83. The number of methoxy groups -OCH3 is 1. The standard InChI is InChI=1S/C30H25NO4S2/c1-16-14-30(2,3)31-20-6-5-19-26(25(16)20)23(35-22-8-7-21(32)29(34-4)27(19)22)13-24-18(10-12-37-24)28(33)17-9-11-36-15-17/h5-15,31-32H,1-4H3. The Kier molecular flexibility index (Phi) is 5.51. The van der Waals surface area contributed by atoms with Crippen LogP contribution in [0.2, 0.25) is 0 Å². The predicted octanol–water partition coefficient (Wildman–Crippen LogP) is 7.92. The van der Waals surface area contributed by atoms with Crippen LogP contribution in [0.15, 0.2) is 58.6 Å². The molecule has 2 aliphatic heterocycles. The minimum Gasteiger partial charge on any atom is -0.504 e. The van der Waals surface area contributed by atoms with Crippen molar-refractivity contribution >= 4 is 51.6 Å². The molecule has 0 radical (unpaired) electrons. The van der Waals surface area contributed by atoms with Crippen LogP contribution >= 0.6 is 22.7 Å². The van der Waals surface area contributed by atoms with E-state index in [1.54, 1.807) is 19.2 Å². The molecule has 4 heterocycles. The number of nitrogens with one attached hydrogen (secondary N) is 1. The average Bonchev–Trinajstić information content (AvgIpc) is 3.55. The number of phenols is 1. The molecule has 0 atom stereocenters. The molecule has 0 unspecified atom stereocenters.